The second kappa shape index (κ2) is 6.92. The first-order chi connectivity index (χ1) is 10.2. The molecule has 112 valence electrons. The predicted octanol–water partition coefficient (Wildman–Crippen LogP) is 2.99. The van der Waals surface area contributed by atoms with Crippen LogP contribution in [0.4, 0.5) is 4.79 Å². The lowest BCUT2D eigenvalue weighted by molar-refractivity contribution is 0.0762. The van der Waals surface area contributed by atoms with Crippen LogP contribution in [0.2, 0.25) is 0 Å². The van der Waals surface area contributed by atoms with E-state index in [0.29, 0.717) is 18.9 Å². The first kappa shape index (κ1) is 15.1. The van der Waals surface area contributed by atoms with Crippen molar-refractivity contribution in [2.45, 2.75) is 20.0 Å². The summed E-state index contributed by atoms with van der Waals surface area (Å²) in [6, 6.07) is 9.67. The van der Waals surface area contributed by atoms with Gasteiger partial charge in [0.25, 0.3) is 0 Å². The largest absolute Gasteiger partial charge is 0.433 e. The first-order valence-electron chi connectivity index (χ1n) is 7.15. The number of ether oxygens (including phenoxy) is 1. The van der Waals surface area contributed by atoms with Crippen molar-refractivity contribution in [2.75, 3.05) is 13.1 Å². The molecule has 1 aromatic heterocycles. The lowest BCUT2D eigenvalue weighted by atomic mass is 10.1. The van der Waals surface area contributed by atoms with Gasteiger partial charge in [-0.3, -0.25) is 0 Å². The number of benzene rings is 1. The molecule has 0 saturated heterocycles. The van der Waals surface area contributed by atoms with Gasteiger partial charge in [0.05, 0.1) is 0 Å². The Balaban J connectivity index is 2.30. The molecule has 0 bridgehead atoms. The van der Waals surface area contributed by atoms with E-state index >= 15 is 0 Å². The fraction of sp³-hybridized carbons (Fsp3) is 0.375. The minimum atomic E-state index is -0.501. The molecule has 1 unspecified atom stereocenters. The number of amides is 1. The predicted molar refractivity (Wildman–Crippen MR) is 80.9 cm³/mol. The molecule has 0 saturated carbocycles. The molecule has 5 nitrogen and oxygen atoms in total. The quantitative estimate of drug-likeness (QED) is 0.849. The topological polar surface area (TPSA) is 47.4 Å². The van der Waals surface area contributed by atoms with Crippen molar-refractivity contribution in [3.63, 3.8) is 0 Å². The van der Waals surface area contributed by atoms with Crippen LogP contribution in [0.1, 0.15) is 31.3 Å². The molecule has 0 radical (unpaired) electrons. The molecule has 2 rings (SSSR count). The summed E-state index contributed by atoms with van der Waals surface area (Å²) in [5.41, 5.74) is 0.910. The second-order valence-corrected chi connectivity index (χ2v) is 4.74. The summed E-state index contributed by atoms with van der Waals surface area (Å²) in [6.45, 7) is 5.11. The molecule has 5 heteroatoms. The van der Waals surface area contributed by atoms with E-state index in [1.807, 2.05) is 62.0 Å². The molecule has 1 atom stereocenters. The number of aromatic nitrogens is 2. The van der Waals surface area contributed by atoms with Crippen molar-refractivity contribution in [3.8, 4) is 0 Å². The Kier molecular flexibility index (Phi) is 4.98. The Labute approximate surface area is 125 Å². The SMILES string of the molecule is CCN(CC)C(=O)OC(c1ccccc1)c1nccn1C. The van der Waals surface area contributed by atoms with Crippen LogP contribution in [0, 0.1) is 0 Å². The van der Waals surface area contributed by atoms with Crippen molar-refractivity contribution >= 4 is 6.09 Å². The minimum Gasteiger partial charge on any atom is -0.433 e. The van der Waals surface area contributed by atoms with Gasteiger partial charge in [0.2, 0.25) is 0 Å². The number of hydrogen-bond acceptors (Lipinski definition) is 3. The van der Waals surface area contributed by atoms with Gasteiger partial charge < -0.3 is 14.2 Å². The fourth-order valence-corrected chi connectivity index (χ4v) is 2.18. The van der Waals surface area contributed by atoms with Gasteiger partial charge >= 0.3 is 6.09 Å². The van der Waals surface area contributed by atoms with E-state index in [9.17, 15) is 4.79 Å². The highest BCUT2D eigenvalue weighted by Gasteiger charge is 2.24. The lowest BCUT2D eigenvalue weighted by Gasteiger charge is -2.23. The molecular weight excluding hydrogens is 266 g/mol. The highest BCUT2D eigenvalue weighted by molar-refractivity contribution is 5.68. The molecule has 1 heterocycles. The van der Waals surface area contributed by atoms with Crippen LogP contribution in [-0.4, -0.2) is 33.6 Å². The maximum atomic E-state index is 12.3. The first-order valence-corrected chi connectivity index (χ1v) is 7.15. The zero-order valence-electron chi connectivity index (χ0n) is 12.7. The number of imidazole rings is 1. The summed E-state index contributed by atoms with van der Waals surface area (Å²) in [5, 5.41) is 0. The third kappa shape index (κ3) is 3.42. The van der Waals surface area contributed by atoms with Gasteiger partial charge in [-0.25, -0.2) is 9.78 Å². The summed E-state index contributed by atoms with van der Waals surface area (Å²) < 4.78 is 7.58. The average Bonchev–Trinajstić information content (AvgIpc) is 2.93. The third-order valence-corrected chi connectivity index (χ3v) is 3.44. The minimum absolute atomic E-state index is 0.322. The van der Waals surface area contributed by atoms with Crippen molar-refractivity contribution in [1.82, 2.24) is 14.5 Å². The number of aryl methyl sites for hydroxylation is 1. The molecule has 1 aromatic carbocycles. The lowest BCUT2D eigenvalue weighted by Crippen LogP contribution is -2.32. The van der Waals surface area contributed by atoms with Gasteiger partial charge in [-0.05, 0) is 13.8 Å². The monoisotopic (exact) mass is 287 g/mol. The second-order valence-electron chi connectivity index (χ2n) is 4.74. The van der Waals surface area contributed by atoms with Gasteiger partial charge in [-0.2, -0.15) is 0 Å². The normalized spacial score (nSPS) is 12.0. The Morgan fingerprint density at radius 3 is 2.48 bits per heavy atom. The number of nitrogens with zero attached hydrogens (tertiary/aromatic N) is 3. The fourth-order valence-electron chi connectivity index (χ4n) is 2.18. The van der Waals surface area contributed by atoms with Crippen molar-refractivity contribution in [3.05, 3.63) is 54.1 Å². The van der Waals surface area contributed by atoms with E-state index in [1.54, 1.807) is 11.1 Å². The highest BCUT2D eigenvalue weighted by Crippen LogP contribution is 2.25. The van der Waals surface area contributed by atoms with E-state index in [2.05, 4.69) is 4.98 Å². The summed E-state index contributed by atoms with van der Waals surface area (Å²) in [5.74, 6) is 0.710. The number of hydrogen-bond donors (Lipinski definition) is 0. The van der Waals surface area contributed by atoms with E-state index in [1.165, 1.54) is 0 Å². The standard InChI is InChI=1S/C16H21N3O2/c1-4-19(5-2)16(20)21-14(13-9-7-6-8-10-13)15-17-11-12-18(15)3/h6-12,14H,4-5H2,1-3H3. The Morgan fingerprint density at radius 1 is 1.29 bits per heavy atom. The molecule has 0 fully saturated rings. The Hall–Kier alpha value is -2.30. The van der Waals surface area contributed by atoms with E-state index in [-0.39, 0.29) is 6.09 Å². The summed E-state index contributed by atoms with van der Waals surface area (Å²) in [7, 11) is 1.89. The maximum absolute atomic E-state index is 12.3. The van der Waals surface area contributed by atoms with Crippen LogP contribution in [0.25, 0.3) is 0 Å². The molecule has 2 aromatic rings. The van der Waals surface area contributed by atoms with Crippen LogP contribution < -0.4 is 0 Å². The van der Waals surface area contributed by atoms with Gasteiger partial charge in [-0.15, -0.1) is 0 Å². The van der Waals surface area contributed by atoms with Crippen LogP contribution in [0.3, 0.4) is 0 Å². The molecule has 21 heavy (non-hydrogen) atoms. The maximum Gasteiger partial charge on any atom is 0.410 e. The number of rotatable bonds is 5. The van der Waals surface area contributed by atoms with E-state index in [4.69, 9.17) is 4.74 Å². The van der Waals surface area contributed by atoms with Crippen LogP contribution in [0.5, 0.6) is 0 Å². The van der Waals surface area contributed by atoms with Gasteiger partial charge in [-0.1, -0.05) is 30.3 Å². The Bertz CT molecular complexity index is 576. The molecule has 0 aliphatic heterocycles. The summed E-state index contributed by atoms with van der Waals surface area (Å²) in [4.78, 5) is 18.2. The zero-order chi connectivity index (χ0) is 15.2. The summed E-state index contributed by atoms with van der Waals surface area (Å²) >= 11 is 0. The van der Waals surface area contributed by atoms with Gasteiger partial charge in [0.1, 0.15) is 0 Å². The molecule has 0 aliphatic carbocycles. The Morgan fingerprint density at radius 2 is 1.95 bits per heavy atom. The van der Waals surface area contributed by atoms with Gasteiger partial charge in [0, 0.05) is 38.1 Å². The van der Waals surface area contributed by atoms with Crippen LogP contribution >= 0.6 is 0 Å². The number of carbonyl (C=O) groups is 1. The van der Waals surface area contributed by atoms with Crippen molar-refractivity contribution in [1.29, 1.82) is 0 Å². The molecule has 0 spiro atoms. The van der Waals surface area contributed by atoms with E-state index < -0.39 is 6.10 Å². The summed E-state index contributed by atoms with van der Waals surface area (Å²) in [6.07, 6.45) is 2.73. The molecular formula is C16H21N3O2. The number of carbonyl (C=O) groups excluding carboxylic acids is 1. The van der Waals surface area contributed by atoms with Crippen molar-refractivity contribution < 1.29 is 9.53 Å². The zero-order valence-corrected chi connectivity index (χ0v) is 12.7. The van der Waals surface area contributed by atoms with Gasteiger partial charge in [0.15, 0.2) is 11.9 Å². The van der Waals surface area contributed by atoms with Crippen molar-refractivity contribution in [2.24, 2.45) is 7.05 Å². The van der Waals surface area contributed by atoms with E-state index in [0.717, 1.165) is 5.56 Å². The van der Waals surface area contributed by atoms with Crippen LogP contribution in [0.15, 0.2) is 42.7 Å². The third-order valence-electron chi connectivity index (χ3n) is 3.44. The smallest absolute Gasteiger partial charge is 0.410 e. The van der Waals surface area contributed by atoms with Crippen LogP contribution in [-0.2, 0) is 11.8 Å². The highest BCUT2D eigenvalue weighted by atomic mass is 16.6. The molecule has 1 amide bonds. The molecule has 0 N–H and O–H groups in total. The average molecular weight is 287 g/mol. The molecule has 0 aliphatic rings.